The molecule has 2 atom stereocenters. The number of aliphatic hydroxyl groups excluding tert-OH is 1. The molecule has 1 rings (SSSR count). The van der Waals surface area contributed by atoms with E-state index in [0.717, 1.165) is 17.9 Å². The monoisotopic (exact) mass is 277 g/mol. The fraction of sp³-hybridized carbons (Fsp3) is 0.667. The second kappa shape index (κ2) is 8.43. The van der Waals surface area contributed by atoms with E-state index in [1.807, 2.05) is 12.1 Å². The van der Waals surface area contributed by atoms with Crippen molar-refractivity contribution in [2.75, 3.05) is 6.54 Å². The largest absolute Gasteiger partial charge is 0.387 e. The van der Waals surface area contributed by atoms with Crippen LogP contribution in [-0.4, -0.2) is 17.7 Å². The fourth-order valence-electron chi connectivity index (χ4n) is 2.22. The summed E-state index contributed by atoms with van der Waals surface area (Å²) in [5.74, 6) is 1.28. The number of aliphatic hydroxyl groups is 1. The summed E-state index contributed by atoms with van der Waals surface area (Å²) in [5, 5.41) is 13.6. The SMILES string of the molecule is CC(C)CCC(C)NCC(O)c1ccc(C(C)C)cc1. The molecule has 0 saturated carbocycles. The topological polar surface area (TPSA) is 32.3 Å². The van der Waals surface area contributed by atoms with E-state index in [4.69, 9.17) is 0 Å². The number of nitrogens with one attached hydrogen (secondary N) is 1. The van der Waals surface area contributed by atoms with E-state index in [9.17, 15) is 5.11 Å². The molecule has 0 aromatic heterocycles. The van der Waals surface area contributed by atoms with E-state index in [1.54, 1.807) is 0 Å². The van der Waals surface area contributed by atoms with Gasteiger partial charge < -0.3 is 10.4 Å². The highest BCUT2D eigenvalue weighted by Gasteiger charge is 2.10. The smallest absolute Gasteiger partial charge is 0.0914 e. The van der Waals surface area contributed by atoms with Crippen molar-refractivity contribution in [2.24, 2.45) is 5.92 Å². The Bertz CT molecular complexity index is 370. The summed E-state index contributed by atoms with van der Waals surface area (Å²) in [6, 6.07) is 8.78. The predicted octanol–water partition coefficient (Wildman–Crippen LogP) is 4.26. The van der Waals surface area contributed by atoms with Gasteiger partial charge in [-0.05, 0) is 42.7 Å². The Labute approximate surface area is 124 Å². The molecule has 0 heterocycles. The molecule has 0 fully saturated rings. The first-order valence-electron chi connectivity index (χ1n) is 7.91. The maximum absolute atomic E-state index is 10.2. The average molecular weight is 277 g/mol. The molecule has 0 saturated heterocycles. The van der Waals surface area contributed by atoms with Gasteiger partial charge in [-0.25, -0.2) is 0 Å². The lowest BCUT2D eigenvalue weighted by Crippen LogP contribution is -2.30. The summed E-state index contributed by atoms with van der Waals surface area (Å²) in [7, 11) is 0. The van der Waals surface area contributed by atoms with Crippen molar-refractivity contribution < 1.29 is 5.11 Å². The fourth-order valence-corrected chi connectivity index (χ4v) is 2.22. The van der Waals surface area contributed by atoms with Gasteiger partial charge in [-0.15, -0.1) is 0 Å². The molecule has 20 heavy (non-hydrogen) atoms. The van der Waals surface area contributed by atoms with Crippen LogP contribution in [0.15, 0.2) is 24.3 Å². The zero-order chi connectivity index (χ0) is 15.1. The third-order valence-corrected chi connectivity index (χ3v) is 3.82. The maximum atomic E-state index is 10.2. The molecule has 0 spiro atoms. The van der Waals surface area contributed by atoms with Crippen LogP contribution in [0.2, 0.25) is 0 Å². The summed E-state index contributed by atoms with van der Waals surface area (Å²) in [6.45, 7) is 11.7. The average Bonchev–Trinajstić information content (AvgIpc) is 2.42. The van der Waals surface area contributed by atoms with Gasteiger partial charge in [0.25, 0.3) is 0 Å². The van der Waals surface area contributed by atoms with E-state index >= 15 is 0 Å². The van der Waals surface area contributed by atoms with Crippen molar-refractivity contribution in [3.05, 3.63) is 35.4 Å². The Morgan fingerprint density at radius 3 is 1.95 bits per heavy atom. The highest BCUT2D eigenvalue weighted by molar-refractivity contribution is 5.26. The minimum Gasteiger partial charge on any atom is -0.387 e. The van der Waals surface area contributed by atoms with Crippen LogP contribution in [0.3, 0.4) is 0 Å². The number of benzene rings is 1. The highest BCUT2D eigenvalue weighted by Crippen LogP contribution is 2.18. The van der Waals surface area contributed by atoms with Crippen LogP contribution in [0.4, 0.5) is 0 Å². The zero-order valence-electron chi connectivity index (χ0n) is 13.7. The van der Waals surface area contributed by atoms with E-state index in [-0.39, 0.29) is 0 Å². The first-order chi connectivity index (χ1) is 9.40. The molecule has 0 radical (unpaired) electrons. The van der Waals surface area contributed by atoms with Crippen molar-refractivity contribution in [1.29, 1.82) is 0 Å². The molecule has 0 aliphatic rings. The third-order valence-electron chi connectivity index (χ3n) is 3.82. The van der Waals surface area contributed by atoms with Gasteiger partial charge in [-0.3, -0.25) is 0 Å². The highest BCUT2D eigenvalue weighted by atomic mass is 16.3. The lowest BCUT2D eigenvalue weighted by Gasteiger charge is -2.18. The Morgan fingerprint density at radius 2 is 1.45 bits per heavy atom. The van der Waals surface area contributed by atoms with Crippen LogP contribution >= 0.6 is 0 Å². The van der Waals surface area contributed by atoms with Gasteiger partial charge in [0.05, 0.1) is 6.10 Å². The molecule has 1 aromatic carbocycles. The van der Waals surface area contributed by atoms with E-state index in [0.29, 0.717) is 18.5 Å². The molecular weight excluding hydrogens is 246 g/mol. The predicted molar refractivity (Wildman–Crippen MR) is 87.0 cm³/mol. The van der Waals surface area contributed by atoms with Crippen molar-refractivity contribution in [1.82, 2.24) is 5.32 Å². The van der Waals surface area contributed by atoms with Crippen LogP contribution in [0.25, 0.3) is 0 Å². The molecule has 0 amide bonds. The number of rotatable bonds is 8. The summed E-state index contributed by atoms with van der Waals surface area (Å²) < 4.78 is 0. The normalized spacial score (nSPS) is 14.8. The second-order valence-corrected chi connectivity index (χ2v) is 6.62. The van der Waals surface area contributed by atoms with Gasteiger partial charge in [-0.1, -0.05) is 52.0 Å². The summed E-state index contributed by atoms with van der Waals surface area (Å²) in [4.78, 5) is 0. The quantitative estimate of drug-likeness (QED) is 0.744. The Hall–Kier alpha value is -0.860. The summed E-state index contributed by atoms with van der Waals surface area (Å²) >= 11 is 0. The first-order valence-corrected chi connectivity index (χ1v) is 7.91. The molecule has 0 aliphatic heterocycles. The molecule has 0 aliphatic carbocycles. The molecule has 0 bridgehead atoms. The van der Waals surface area contributed by atoms with Crippen LogP contribution in [0.1, 0.15) is 70.6 Å². The molecule has 2 heteroatoms. The van der Waals surface area contributed by atoms with Gasteiger partial charge in [0.15, 0.2) is 0 Å². The molecule has 2 N–H and O–H groups in total. The Balaban J connectivity index is 2.40. The third kappa shape index (κ3) is 6.06. The second-order valence-electron chi connectivity index (χ2n) is 6.62. The van der Waals surface area contributed by atoms with Crippen LogP contribution < -0.4 is 5.32 Å². The van der Waals surface area contributed by atoms with E-state index in [1.165, 1.54) is 12.0 Å². The number of hydrogen-bond donors (Lipinski definition) is 2. The number of hydrogen-bond acceptors (Lipinski definition) is 2. The summed E-state index contributed by atoms with van der Waals surface area (Å²) in [5.41, 5.74) is 2.32. The maximum Gasteiger partial charge on any atom is 0.0914 e. The molecule has 2 nitrogen and oxygen atoms in total. The first kappa shape index (κ1) is 17.2. The van der Waals surface area contributed by atoms with Crippen molar-refractivity contribution in [2.45, 2.75) is 65.5 Å². The minimum absolute atomic E-state index is 0.419. The van der Waals surface area contributed by atoms with E-state index < -0.39 is 6.10 Å². The minimum atomic E-state index is -0.419. The Kier molecular flexibility index (Phi) is 7.25. The molecule has 2 unspecified atom stereocenters. The van der Waals surface area contributed by atoms with Crippen LogP contribution in [-0.2, 0) is 0 Å². The van der Waals surface area contributed by atoms with Gasteiger partial charge >= 0.3 is 0 Å². The van der Waals surface area contributed by atoms with Crippen LogP contribution in [0, 0.1) is 5.92 Å². The van der Waals surface area contributed by atoms with Crippen molar-refractivity contribution >= 4 is 0 Å². The summed E-state index contributed by atoms with van der Waals surface area (Å²) in [6.07, 6.45) is 1.97. The Morgan fingerprint density at radius 1 is 0.900 bits per heavy atom. The van der Waals surface area contributed by atoms with Gasteiger partial charge in [0.2, 0.25) is 0 Å². The van der Waals surface area contributed by atoms with Crippen LogP contribution in [0.5, 0.6) is 0 Å². The molecule has 1 aromatic rings. The zero-order valence-corrected chi connectivity index (χ0v) is 13.7. The van der Waals surface area contributed by atoms with Gasteiger partial charge in [-0.2, -0.15) is 0 Å². The standard InChI is InChI=1S/C18H31NO/c1-13(2)6-7-15(5)19-12-18(20)17-10-8-16(9-11-17)14(3)4/h8-11,13-15,18-20H,6-7,12H2,1-5H3. The lowest BCUT2D eigenvalue weighted by molar-refractivity contribution is 0.169. The van der Waals surface area contributed by atoms with Gasteiger partial charge in [0, 0.05) is 12.6 Å². The van der Waals surface area contributed by atoms with Crippen molar-refractivity contribution in [3.8, 4) is 0 Å². The molecule has 114 valence electrons. The lowest BCUT2D eigenvalue weighted by atomic mass is 9.99. The molecular formula is C18H31NO. The van der Waals surface area contributed by atoms with E-state index in [2.05, 4.69) is 52.1 Å². The van der Waals surface area contributed by atoms with Gasteiger partial charge in [0.1, 0.15) is 0 Å². The van der Waals surface area contributed by atoms with Crippen molar-refractivity contribution in [3.63, 3.8) is 0 Å².